The summed E-state index contributed by atoms with van der Waals surface area (Å²) >= 11 is 0. The lowest BCUT2D eigenvalue weighted by molar-refractivity contribution is -0.143. The van der Waals surface area contributed by atoms with Crippen molar-refractivity contribution in [3.63, 3.8) is 0 Å². The van der Waals surface area contributed by atoms with Gasteiger partial charge in [-0.2, -0.15) is 0 Å². The molecule has 0 saturated heterocycles. The number of ether oxygens (including phenoxy) is 1. The highest BCUT2D eigenvalue weighted by Crippen LogP contribution is 2.27. The van der Waals surface area contributed by atoms with Crippen LogP contribution in [-0.2, 0) is 14.3 Å². The predicted molar refractivity (Wildman–Crippen MR) is 107 cm³/mol. The molecule has 2 fully saturated rings. The molecule has 0 aromatic carbocycles. The second-order valence-corrected chi connectivity index (χ2v) is 7.23. The lowest BCUT2D eigenvalue weighted by Crippen LogP contribution is -2.14. The zero-order chi connectivity index (χ0) is 19.6. The molecule has 2 aliphatic rings. The summed E-state index contributed by atoms with van der Waals surface area (Å²) in [5.74, 6) is 0.661. The zero-order valence-electron chi connectivity index (χ0n) is 16.6. The fourth-order valence-electron chi connectivity index (χ4n) is 3.50. The van der Waals surface area contributed by atoms with Crippen LogP contribution in [0.2, 0.25) is 0 Å². The molecule has 2 aliphatic carbocycles. The second kappa shape index (κ2) is 16.9. The van der Waals surface area contributed by atoms with Crippen LogP contribution in [0.15, 0.2) is 25.3 Å². The first kappa shape index (κ1) is 24.4. The average molecular weight is 367 g/mol. The van der Waals surface area contributed by atoms with Crippen molar-refractivity contribution in [1.82, 2.24) is 0 Å². The summed E-state index contributed by atoms with van der Waals surface area (Å²) in [5.41, 5.74) is 0. The third-order valence-corrected chi connectivity index (χ3v) is 4.77. The number of carbonyl (C=O) groups is 2. The van der Waals surface area contributed by atoms with E-state index in [2.05, 4.69) is 19.2 Å². The van der Waals surface area contributed by atoms with Crippen LogP contribution in [0.25, 0.3) is 0 Å². The molecule has 150 valence electrons. The van der Waals surface area contributed by atoms with E-state index in [9.17, 15) is 4.79 Å². The summed E-state index contributed by atoms with van der Waals surface area (Å²) in [6.07, 6.45) is 19.1. The maximum Gasteiger partial charge on any atom is 0.306 e. The molecule has 0 spiro atoms. The van der Waals surface area contributed by atoms with Crippen molar-refractivity contribution in [2.45, 2.75) is 84.0 Å². The fourth-order valence-corrected chi connectivity index (χ4v) is 3.50. The minimum absolute atomic E-state index is 0.0631. The monoisotopic (exact) mass is 366 g/mol. The Labute approximate surface area is 159 Å². The van der Waals surface area contributed by atoms with Crippen molar-refractivity contribution in [2.75, 3.05) is 6.61 Å². The number of esters is 1. The Kier molecular flexibility index (Phi) is 15.8. The number of rotatable bonds is 6. The standard InChI is InChI=1S/C11H18O2.C9H16.C2H4O2/c1-2-8-13-11(12)9-10-6-4-3-5-7-10;1-2-6-9-7-4-3-5-8-9;1-2(3)4/h2,10H,1,3-9H2;2,9H,1,3-8H2;1H3,(H,3,4). The van der Waals surface area contributed by atoms with Crippen molar-refractivity contribution in [3.05, 3.63) is 25.3 Å². The number of carboxylic acid groups (broad SMARTS) is 1. The van der Waals surface area contributed by atoms with Crippen LogP contribution >= 0.6 is 0 Å². The Morgan fingerprint density at radius 2 is 1.38 bits per heavy atom. The van der Waals surface area contributed by atoms with Gasteiger partial charge in [0.05, 0.1) is 0 Å². The largest absolute Gasteiger partial charge is 0.481 e. The quantitative estimate of drug-likeness (QED) is 0.468. The molecule has 0 radical (unpaired) electrons. The van der Waals surface area contributed by atoms with E-state index < -0.39 is 5.97 Å². The molecule has 1 N–H and O–H groups in total. The number of hydrogen-bond donors (Lipinski definition) is 1. The summed E-state index contributed by atoms with van der Waals surface area (Å²) in [6, 6.07) is 0. The topological polar surface area (TPSA) is 63.6 Å². The number of aliphatic carboxylic acids is 1. The lowest BCUT2D eigenvalue weighted by Gasteiger charge is -2.20. The molecule has 0 aromatic heterocycles. The minimum Gasteiger partial charge on any atom is -0.481 e. The number of allylic oxidation sites excluding steroid dienone is 1. The first-order valence-corrected chi connectivity index (χ1v) is 10.1. The Bertz CT molecular complexity index is 387. The summed E-state index contributed by atoms with van der Waals surface area (Å²) in [5, 5.41) is 7.42. The molecule has 2 rings (SSSR count). The molecule has 0 aliphatic heterocycles. The van der Waals surface area contributed by atoms with Crippen LogP contribution in [0.3, 0.4) is 0 Å². The summed E-state index contributed by atoms with van der Waals surface area (Å²) in [4.78, 5) is 20.2. The van der Waals surface area contributed by atoms with Crippen molar-refractivity contribution in [2.24, 2.45) is 11.8 Å². The first-order valence-electron chi connectivity index (χ1n) is 10.1. The van der Waals surface area contributed by atoms with Gasteiger partial charge in [0.25, 0.3) is 5.97 Å². The zero-order valence-corrected chi connectivity index (χ0v) is 16.6. The molecule has 26 heavy (non-hydrogen) atoms. The van der Waals surface area contributed by atoms with Gasteiger partial charge in [0.1, 0.15) is 6.61 Å². The van der Waals surface area contributed by atoms with E-state index >= 15 is 0 Å². The van der Waals surface area contributed by atoms with E-state index in [1.165, 1.54) is 70.6 Å². The second-order valence-electron chi connectivity index (χ2n) is 7.23. The molecule has 0 unspecified atom stereocenters. The predicted octanol–water partition coefficient (Wildman–Crippen LogP) is 5.92. The van der Waals surface area contributed by atoms with Crippen molar-refractivity contribution in [3.8, 4) is 0 Å². The average Bonchev–Trinajstić information content (AvgIpc) is 2.62. The van der Waals surface area contributed by atoms with Gasteiger partial charge in [-0.25, -0.2) is 0 Å². The SMILES string of the molecule is C=CCC1CCCCC1.C=CCOC(=O)CC1CCCCC1.CC(=O)O. The lowest BCUT2D eigenvalue weighted by atomic mass is 9.87. The van der Waals surface area contributed by atoms with E-state index in [-0.39, 0.29) is 5.97 Å². The van der Waals surface area contributed by atoms with Crippen molar-refractivity contribution in [1.29, 1.82) is 0 Å². The van der Waals surface area contributed by atoms with Gasteiger partial charge < -0.3 is 9.84 Å². The van der Waals surface area contributed by atoms with Gasteiger partial charge in [0, 0.05) is 13.3 Å². The number of carboxylic acids is 1. The van der Waals surface area contributed by atoms with Gasteiger partial charge >= 0.3 is 5.97 Å². The van der Waals surface area contributed by atoms with E-state index in [1.807, 2.05) is 0 Å². The number of hydrogen-bond acceptors (Lipinski definition) is 3. The Morgan fingerprint density at radius 1 is 0.923 bits per heavy atom. The Morgan fingerprint density at radius 3 is 1.81 bits per heavy atom. The summed E-state index contributed by atoms with van der Waals surface area (Å²) < 4.78 is 4.94. The molecular formula is C22H38O4. The highest BCUT2D eigenvalue weighted by molar-refractivity contribution is 5.69. The Balaban J connectivity index is 0.000000416. The summed E-state index contributed by atoms with van der Waals surface area (Å²) in [6.45, 7) is 8.69. The van der Waals surface area contributed by atoms with Gasteiger partial charge in [0.2, 0.25) is 0 Å². The molecule has 2 saturated carbocycles. The maximum atomic E-state index is 11.2. The normalized spacial score (nSPS) is 17.6. The van der Waals surface area contributed by atoms with Crippen LogP contribution < -0.4 is 0 Å². The molecule has 0 bridgehead atoms. The van der Waals surface area contributed by atoms with Crippen LogP contribution in [0.4, 0.5) is 0 Å². The Hall–Kier alpha value is -1.58. The van der Waals surface area contributed by atoms with Crippen molar-refractivity contribution >= 4 is 11.9 Å². The van der Waals surface area contributed by atoms with Crippen LogP contribution in [0.1, 0.15) is 84.0 Å². The van der Waals surface area contributed by atoms with Gasteiger partial charge in [-0.1, -0.05) is 70.1 Å². The van der Waals surface area contributed by atoms with Gasteiger partial charge in [-0.15, -0.1) is 6.58 Å². The maximum absolute atomic E-state index is 11.2. The first-order chi connectivity index (χ1) is 12.5. The highest BCUT2D eigenvalue weighted by Gasteiger charge is 2.17. The molecule has 4 heteroatoms. The molecule has 0 atom stereocenters. The van der Waals surface area contributed by atoms with Crippen LogP contribution in [0, 0.1) is 11.8 Å². The van der Waals surface area contributed by atoms with E-state index in [4.69, 9.17) is 14.6 Å². The van der Waals surface area contributed by atoms with Gasteiger partial charge in [0.15, 0.2) is 0 Å². The molecule has 4 nitrogen and oxygen atoms in total. The minimum atomic E-state index is -0.833. The molecule has 0 aromatic rings. The highest BCUT2D eigenvalue weighted by atomic mass is 16.5. The third kappa shape index (κ3) is 15.9. The fraction of sp³-hybridized carbons (Fsp3) is 0.727. The van der Waals surface area contributed by atoms with E-state index in [1.54, 1.807) is 6.08 Å². The third-order valence-electron chi connectivity index (χ3n) is 4.77. The van der Waals surface area contributed by atoms with E-state index in [0.717, 1.165) is 12.8 Å². The molecular weight excluding hydrogens is 328 g/mol. The van der Waals surface area contributed by atoms with Gasteiger partial charge in [-0.05, 0) is 31.1 Å². The van der Waals surface area contributed by atoms with Gasteiger partial charge in [-0.3, -0.25) is 9.59 Å². The van der Waals surface area contributed by atoms with Crippen molar-refractivity contribution < 1.29 is 19.4 Å². The van der Waals surface area contributed by atoms with E-state index in [0.29, 0.717) is 18.9 Å². The molecule has 0 heterocycles. The van der Waals surface area contributed by atoms with Crippen LogP contribution in [-0.4, -0.2) is 23.7 Å². The number of carbonyl (C=O) groups excluding carboxylic acids is 1. The van der Waals surface area contributed by atoms with Crippen LogP contribution in [0.5, 0.6) is 0 Å². The summed E-state index contributed by atoms with van der Waals surface area (Å²) in [7, 11) is 0. The molecule has 0 amide bonds. The smallest absolute Gasteiger partial charge is 0.306 e.